The fourth-order valence-electron chi connectivity index (χ4n) is 3.89. The SMILES string of the molecule is CC1CCC(CN(C)C2CCC(CN)CC2)CC1. The van der Waals surface area contributed by atoms with E-state index in [1.165, 1.54) is 57.9 Å². The van der Waals surface area contributed by atoms with E-state index in [2.05, 4.69) is 18.9 Å². The third-order valence-corrected chi connectivity index (χ3v) is 5.45. The third-order valence-electron chi connectivity index (χ3n) is 5.45. The Hall–Kier alpha value is -0.0800. The molecular formula is C16H32N2. The van der Waals surface area contributed by atoms with Crippen molar-refractivity contribution in [2.75, 3.05) is 20.1 Å². The van der Waals surface area contributed by atoms with Crippen LogP contribution in [0.4, 0.5) is 0 Å². The zero-order valence-electron chi connectivity index (χ0n) is 12.4. The van der Waals surface area contributed by atoms with Crippen molar-refractivity contribution in [2.24, 2.45) is 23.5 Å². The van der Waals surface area contributed by atoms with Gasteiger partial charge < -0.3 is 10.6 Å². The maximum Gasteiger partial charge on any atom is 0.00925 e. The van der Waals surface area contributed by atoms with E-state index in [4.69, 9.17) is 5.73 Å². The van der Waals surface area contributed by atoms with E-state index in [-0.39, 0.29) is 0 Å². The van der Waals surface area contributed by atoms with E-state index < -0.39 is 0 Å². The lowest BCUT2D eigenvalue weighted by molar-refractivity contribution is 0.129. The summed E-state index contributed by atoms with van der Waals surface area (Å²) in [4.78, 5) is 2.66. The van der Waals surface area contributed by atoms with E-state index in [0.29, 0.717) is 0 Å². The molecule has 0 aliphatic heterocycles. The van der Waals surface area contributed by atoms with Gasteiger partial charge in [0.1, 0.15) is 0 Å². The molecule has 2 nitrogen and oxygen atoms in total. The molecule has 2 rings (SSSR count). The summed E-state index contributed by atoms with van der Waals surface area (Å²) in [6.45, 7) is 4.65. The van der Waals surface area contributed by atoms with Gasteiger partial charge in [0.15, 0.2) is 0 Å². The number of hydrogen-bond donors (Lipinski definition) is 1. The molecule has 0 amide bonds. The maximum atomic E-state index is 5.77. The first-order chi connectivity index (χ1) is 8.69. The van der Waals surface area contributed by atoms with Crippen molar-refractivity contribution in [3.05, 3.63) is 0 Å². The first kappa shape index (κ1) is 14.3. The fourth-order valence-corrected chi connectivity index (χ4v) is 3.89. The van der Waals surface area contributed by atoms with Gasteiger partial charge in [-0.15, -0.1) is 0 Å². The van der Waals surface area contributed by atoms with Crippen molar-refractivity contribution in [1.82, 2.24) is 4.90 Å². The first-order valence-corrected chi connectivity index (χ1v) is 8.09. The molecule has 2 heteroatoms. The van der Waals surface area contributed by atoms with E-state index in [9.17, 15) is 0 Å². The summed E-state index contributed by atoms with van der Waals surface area (Å²) in [6.07, 6.45) is 11.3. The average Bonchev–Trinajstić information content (AvgIpc) is 2.41. The van der Waals surface area contributed by atoms with Crippen LogP contribution in [0.5, 0.6) is 0 Å². The first-order valence-electron chi connectivity index (χ1n) is 8.09. The topological polar surface area (TPSA) is 29.3 Å². The lowest BCUT2D eigenvalue weighted by Gasteiger charge is -2.37. The number of nitrogens with two attached hydrogens (primary N) is 1. The van der Waals surface area contributed by atoms with Crippen LogP contribution >= 0.6 is 0 Å². The molecule has 0 aromatic heterocycles. The van der Waals surface area contributed by atoms with E-state index >= 15 is 0 Å². The van der Waals surface area contributed by atoms with Gasteiger partial charge in [0, 0.05) is 12.6 Å². The molecule has 0 unspecified atom stereocenters. The van der Waals surface area contributed by atoms with Gasteiger partial charge in [0.25, 0.3) is 0 Å². The Kier molecular flexibility index (Phi) is 5.50. The van der Waals surface area contributed by atoms with Crippen LogP contribution in [0.1, 0.15) is 58.3 Å². The quantitative estimate of drug-likeness (QED) is 0.832. The van der Waals surface area contributed by atoms with Crippen LogP contribution in [-0.2, 0) is 0 Å². The average molecular weight is 252 g/mol. The van der Waals surface area contributed by atoms with Crippen LogP contribution in [0.2, 0.25) is 0 Å². The summed E-state index contributed by atoms with van der Waals surface area (Å²) in [5, 5.41) is 0. The predicted molar refractivity (Wildman–Crippen MR) is 78.6 cm³/mol. The molecule has 0 radical (unpaired) electrons. The van der Waals surface area contributed by atoms with Crippen molar-refractivity contribution < 1.29 is 0 Å². The summed E-state index contributed by atoms with van der Waals surface area (Å²) in [7, 11) is 2.35. The Labute approximate surface area is 113 Å². The number of hydrogen-bond acceptors (Lipinski definition) is 2. The minimum Gasteiger partial charge on any atom is -0.330 e. The molecule has 18 heavy (non-hydrogen) atoms. The summed E-state index contributed by atoms with van der Waals surface area (Å²) < 4.78 is 0. The Morgan fingerprint density at radius 3 is 2.00 bits per heavy atom. The highest BCUT2D eigenvalue weighted by molar-refractivity contribution is 4.81. The molecule has 2 aliphatic rings. The second-order valence-corrected chi connectivity index (χ2v) is 6.98. The highest BCUT2D eigenvalue weighted by atomic mass is 15.1. The van der Waals surface area contributed by atoms with Gasteiger partial charge in [-0.1, -0.05) is 19.8 Å². The second kappa shape index (κ2) is 6.91. The molecule has 0 spiro atoms. The second-order valence-electron chi connectivity index (χ2n) is 6.98. The normalized spacial score (nSPS) is 38.0. The smallest absolute Gasteiger partial charge is 0.00925 e. The summed E-state index contributed by atoms with van der Waals surface area (Å²) in [6, 6.07) is 0.840. The number of rotatable bonds is 4. The zero-order valence-corrected chi connectivity index (χ0v) is 12.4. The summed E-state index contributed by atoms with van der Waals surface area (Å²) in [5.41, 5.74) is 5.77. The van der Waals surface area contributed by atoms with Crippen molar-refractivity contribution in [2.45, 2.75) is 64.3 Å². The van der Waals surface area contributed by atoms with Crippen molar-refractivity contribution in [3.8, 4) is 0 Å². The largest absolute Gasteiger partial charge is 0.330 e. The molecule has 0 saturated heterocycles. The van der Waals surface area contributed by atoms with Gasteiger partial charge in [-0.05, 0) is 69.9 Å². The van der Waals surface area contributed by atoms with Crippen LogP contribution < -0.4 is 5.73 Å². The highest BCUT2D eigenvalue weighted by Crippen LogP contribution is 2.31. The Balaban J connectivity index is 1.70. The molecule has 0 aromatic carbocycles. The van der Waals surface area contributed by atoms with Crippen LogP contribution in [-0.4, -0.2) is 31.1 Å². The summed E-state index contributed by atoms with van der Waals surface area (Å²) in [5.74, 6) is 2.76. The van der Waals surface area contributed by atoms with Gasteiger partial charge in [0.05, 0.1) is 0 Å². The highest BCUT2D eigenvalue weighted by Gasteiger charge is 2.26. The monoisotopic (exact) mass is 252 g/mol. The molecular weight excluding hydrogens is 220 g/mol. The Morgan fingerprint density at radius 2 is 1.44 bits per heavy atom. The van der Waals surface area contributed by atoms with Gasteiger partial charge in [-0.25, -0.2) is 0 Å². The van der Waals surface area contributed by atoms with E-state index in [1.807, 2.05) is 0 Å². The number of nitrogens with zero attached hydrogens (tertiary/aromatic N) is 1. The van der Waals surface area contributed by atoms with Crippen LogP contribution in [0, 0.1) is 17.8 Å². The lowest BCUT2D eigenvalue weighted by Crippen LogP contribution is -2.39. The Morgan fingerprint density at radius 1 is 0.889 bits per heavy atom. The van der Waals surface area contributed by atoms with E-state index in [0.717, 1.165) is 30.3 Å². The lowest BCUT2D eigenvalue weighted by atomic mass is 9.81. The van der Waals surface area contributed by atoms with Gasteiger partial charge in [0.2, 0.25) is 0 Å². The van der Waals surface area contributed by atoms with Gasteiger partial charge >= 0.3 is 0 Å². The molecule has 2 fully saturated rings. The maximum absolute atomic E-state index is 5.77. The molecule has 106 valence electrons. The standard InChI is InChI=1S/C16H32N2/c1-13-3-5-15(6-4-13)12-18(2)16-9-7-14(11-17)8-10-16/h13-16H,3-12,17H2,1-2H3. The molecule has 0 heterocycles. The minimum absolute atomic E-state index is 0.810. The van der Waals surface area contributed by atoms with Crippen LogP contribution in [0.25, 0.3) is 0 Å². The minimum atomic E-state index is 0.810. The predicted octanol–water partition coefficient (Wildman–Crippen LogP) is 3.26. The van der Waals surface area contributed by atoms with Gasteiger partial charge in [-0.3, -0.25) is 0 Å². The van der Waals surface area contributed by atoms with Crippen molar-refractivity contribution in [3.63, 3.8) is 0 Å². The van der Waals surface area contributed by atoms with E-state index in [1.54, 1.807) is 0 Å². The van der Waals surface area contributed by atoms with Crippen LogP contribution in [0.15, 0.2) is 0 Å². The Bertz CT molecular complexity index is 225. The molecule has 0 bridgehead atoms. The third kappa shape index (κ3) is 3.96. The zero-order chi connectivity index (χ0) is 13.0. The van der Waals surface area contributed by atoms with Crippen molar-refractivity contribution >= 4 is 0 Å². The molecule has 2 aliphatic carbocycles. The van der Waals surface area contributed by atoms with Gasteiger partial charge in [-0.2, -0.15) is 0 Å². The fraction of sp³-hybridized carbons (Fsp3) is 1.00. The molecule has 2 saturated carbocycles. The molecule has 0 atom stereocenters. The van der Waals surface area contributed by atoms with Crippen molar-refractivity contribution in [1.29, 1.82) is 0 Å². The molecule has 2 N–H and O–H groups in total. The van der Waals surface area contributed by atoms with Crippen LogP contribution in [0.3, 0.4) is 0 Å². The molecule has 0 aromatic rings. The summed E-state index contributed by atoms with van der Waals surface area (Å²) >= 11 is 0.